The van der Waals surface area contributed by atoms with Crippen molar-refractivity contribution in [2.75, 3.05) is 4.72 Å². The third kappa shape index (κ3) is 2.27. The Bertz CT molecular complexity index is 1190. The third-order valence-corrected chi connectivity index (χ3v) is 4.73. The SMILES string of the molecule is O=c1[nH]c2ccc(S(=O)(=O)Nc3cccn4ccnc34)cc2o1. The van der Waals surface area contributed by atoms with Crippen LogP contribution in [0.1, 0.15) is 0 Å². The van der Waals surface area contributed by atoms with Gasteiger partial charge in [-0.05, 0) is 24.3 Å². The number of aromatic nitrogens is 3. The highest BCUT2D eigenvalue weighted by Crippen LogP contribution is 2.22. The minimum atomic E-state index is -3.84. The van der Waals surface area contributed by atoms with E-state index in [9.17, 15) is 13.2 Å². The fraction of sp³-hybridized carbons (Fsp3) is 0. The van der Waals surface area contributed by atoms with Gasteiger partial charge in [-0.2, -0.15) is 0 Å². The van der Waals surface area contributed by atoms with Crippen LogP contribution in [0.3, 0.4) is 0 Å². The van der Waals surface area contributed by atoms with Crippen molar-refractivity contribution >= 4 is 32.5 Å². The van der Waals surface area contributed by atoms with E-state index in [0.29, 0.717) is 16.9 Å². The van der Waals surface area contributed by atoms with Crippen LogP contribution >= 0.6 is 0 Å². The van der Waals surface area contributed by atoms with Gasteiger partial charge >= 0.3 is 5.76 Å². The first kappa shape index (κ1) is 13.6. The van der Waals surface area contributed by atoms with Crippen LogP contribution in [0.25, 0.3) is 16.7 Å². The number of sulfonamides is 1. The van der Waals surface area contributed by atoms with Crippen LogP contribution < -0.4 is 10.5 Å². The number of pyridine rings is 1. The van der Waals surface area contributed by atoms with Gasteiger partial charge in [0.05, 0.1) is 16.1 Å². The summed E-state index contributed by atoms with van der Waals surface area (Å²) in [5, 5.41) is 0. The number of fused-ring (bicyclic) bond motifs is 2. The summed E-state index contributed by atoms with van der Waals surface area (Å²) in [6.07, 6.45) is 5.06. The van der Waals surface area contributed by atoms with E-state index in [0.717, 1.165) is 0 Å². The second-order valence-corrected chi connectivity index (χ2v) is 6.54. The lowest BCUT2D eigenvalue weighted by molar-refractivity contribution is 0.554. The molecule has 0 saturated carbocycles. The first-order valence-electron chi connectivity index (χ1n) is 6.60. The van der Waals surface area contributed by atoms with E-state index < -0.39 is 15.8 Å². The number of rotatable bonds is 3. The predicted molar refractivity (Wildman–Crippen MR) is 82.8 cm³/mol. The second-order valence-electron chi connectivity index (χ2n) is 4.86. The molecule has 8 nitrogen and oxygen atoms in total. The van der Waals surface area contributed by atoms with Gasteiger partial charge in [-0.3, -0.25) is 9.71 Å². The average Bonchev–Trinajstić information content (AvgIpc) is 3.11. The lowest BCUT2D eigenvalue weighted by atomic mass is 10.3. The summed E-state index contributed by atoms with van der Waals surface area (Å²) in [5.74, 6) is -0.635. The summed E-state index contributed by atoms with van der Waals surface area (Å²) < 4.78 is 34.2. The second kappa shape index (κ2) is 4.71. The number of imidazole rings is 1. The topological polar surface area (TPSA) is 109 Å². The molecule has 116 valence electrons. The van der Waals surface area contributed by atoms with Gasteiger partial charge in [-0.25, -0.2) is 18.2 Å². The zero-order valence-electron chi connectivity index (χ0n) is 11.6. The first-order valence-corrected chi connectivity index (χ1v) is 8.09. The van der Waals surface area contributed by atoms with Gasteiger partial charge in [-0.1, -0.05) is 0 Å². The Morgan fingerprint density at radius 3 is 2.96 bits per heavy atom. The van der Waals surface area contributed by atoms with E-state index in [-0.39, 0.29) is 10.5 Å². The molecule has 0 bridgehead atoms. The van der Waals surface area contributed by atoms with Gasteiger partial charge in [0, 0.05) is 24.7 Å². The van der Waals surface area contributed by atoms with Crippen molar-refractivity contribution in [1.82, 2.24) is 14.4 Å². The normalized spacial score (nSPS) is 12.0. The average molecular weight is 330 g/mol. The summed E-state index contributed by atoms with van der Waals surface area (Å²) in [6, 6.07) is 7.49. The van der Waals surface area contributed by atoms with Crippen molar-refractivity contribution in [2.24, 2.45) is 0 Å². The van der Waals surface area contributed by atoms with Crippen LogP contribution in [-0.4, -0.2) is 22.8 Å². The highest BCUT2D eigenvalue weighted by molar-refractivity contribution is 7.92. The maximum absolute atomic E-state index is 12.5. The maximum atomic E-state index is 12.5. The van der Waals surface area contributed by atoms with Crippen LogP contribution in [0, 0.1) is 0 Å². The van der Waals surface area contributed by atoms with Crippen molar-refractivity contribution in [1.29, 1.82) is 0 Å². The maximum Gasteiger partial charge on any atom is 0.417 e. The van der Waals surface area contributed by atoms with Crippen molar-refractivity contribution in [3.8, 4) is 0 Å². The molecule has 3 heterocycles. The van der Waals surface area contributed by atoms with Gasteiger partial charge < -0.3 is 8.82 Å². The number of benzene rings is 1. The minimum Gasteiger partial charge on any atom is -0.408 e. The predicted octanol–water partition coefficient (Wildman–Crippen LogP) is 1.57. The molecule has 4 aromatic rings. The van der Waals surface area contributed by atoms with E-state index in [4.69, 9.17) is 4.42 Å². The quantitative estimate of drug-likeness (QED) is 0.592. The Hall–Kier alpha value is -3.07. The van der Waals surface area contributed by atoms with Gasteiger partial charge in [0.15, 0.2) is 11.2 Å². The van der Waals surface area contributed by atoms with Crippen LogP contribution in [0.15, 0.2) is 63.0 Å². The summed E-state index contributed by atoms with van der Waals surface area (Å²) in [4.78, 5) is 17.7. The number of anilines is 1. The minimum absolute atomic E-state index is 0.0127. The molecule has 9 heteroatoms. The van der Waals surface area contributed by atoms with Gasteiger partial charge in [0.25, 0.3) is 10.0 Å². The molecule has 0 amide bonds. The molecule has 3 aromatic heterocycles. The Labute approximate surface area is 129 Å². The lowest BCUT2D eigenvalue weighted by Gasteiger charge is -2.08. The van der Waals surface area contributed by atoms with Gasteiger partial charge in [-0.15, -0.1) is 0 Å². The number of nitrogens with zero attached hydrogens (tertiary/aromatic N) is 2. The molecule has 0 aliphatic heterocycles. The zero-order valence-corrected chi connectivity index (χ0v) is 12.4. The smallest absolute Gasteiger partial charge is 0.408 e. The van der Waals surface area contributed by atoms with Crippen LogP contribution in [0.4, 0.5) is 5.69 Å². The monoisotopic (exact) mass is 330 g/mol. The van der Waals surface area contributed by atoms with Crippen LogP contribution in [0.2, 0.25) is 0 Å². The molecule has 0 saturated heterocycles. The van der Waals surface area contributed by atoms with Crippen molar-refractivity contribution in [3.63, 3.8) is 0 Å². The number of aromatic amines is 1. The van der Waals surface area contributed by atoms with Gasteiger partial charge in [0.1, 0.15) is 0 Å². The molecule has 4 rings (SSSR count). The van der Waals surface area contributed by atoms with E-state index in [2.05, 4.69) is 14.7 Å². The number of nitrogens with one attached hydrogen (secondary N) is 2. The molecule has 0 fully saturated rings. The molecule has 0 spiro atoms. The molecular weight excluding hydrogens is 320 g/mol. The largest absolute Gasteiger partial charge is 0.417 e. The molecule has 1 aromatic carbocycles. The Kier molecular flexibility index (Phi) is 2.78. The highest BCUT2D eigenvalue weighted by Gasteiger charge is 2.17. The number of oxazole rings is 1. The standard InChI is InChI=1S/C14H10N4O4S/c19-14-16-10-4-3-9(8-12(10)22-14)23(20,21)17-11-2-1-6-18-7-5-15-13(11)18/h1-8,17H,(H,16,19). The van der Waals surface area contributed by atoms with Crippen molar-refractivity contribution in [3.05, 3.63) is 59.5 Å². The van der Waals surface area contributed by atoms with Crippen LogP contribution in [0.5, 0.6) is 0 Å². The highest BCUT2D eigenvalue weighted by atomic mass is 32.2. The number of H-pyrrole nitrogens is 1. The fourth-order valence-corrected chi connectivity index (χ4v) is 3.40. The van der Waals surface area contributed by atoms with E-state index in [1.807, 2.05) is 0 Å². The first-order chi connectivity index (χ1) is 11.0. The number of hydrogen-bond donors (Lipinski definition) is 2. The summed E-state index contributed by atoms with van der Waals surface area (Å²) in [7, 11) is -3.84. The Morgan fingerprint density at radius 1 is 1.22 bits per heavy atom. The zero-order chi connectivity index (χ0) is 16.0. The molecular formula is C14H10N4O4S. The summed E-state index contributed by atoms with van der Waals surface area (Å²) >= 11 is 0. The molecule has 0 aliphatic rings. The molecule has 0 unspecified atom stereocenters. The molecule has 0 atom stereocenters. The van der Waals surface area contributed by atoms with Crippen molar-refractivity contribution in [2.45, 2.75) is 4.90 Å². The summed E-state index contributed by atoms with van der Waals surface area (Å²) in [5.41, 5.74) is 1.46. The van der Waals surface area contributed by atoms with Gasteiger partial charge in [0.2, 0.25) is 0 Å². The lowest BCUT2D eigenvalue weighted by Crippen LogP contribution is -2.13. The van der Waals surface area contributed by atoms with E-state index in [1.54, 1.807) is 35.1 Å². The van der Waals surface area contributed by atoms with Crippen LogP contribution in [-0.2, 0) is 10.0 Å². The Balaban J connectivity index is 1.79. The molecule has 23 heavy (non-hydrogen) atoms. The number of hydrogen-bond acceptors (Lipinski definition) is 5. The fourth-order valence-electron chi connectivity index (χ4n) is 2.32. The summed E-state index contributed by atoms with van der Waals surface area (Å²) in [6.45, 7) is 0. The molecule has 2 N–H and O–H groups in total. The van der Waals surface area contributed by atoms with E-state index >= 15 is 0 Å². The van der Waals surface area contributed by atoms with E-state index in [1.165, 1.54) is 18.2 Å². The third-order valence-electron chi connectivity index (χ3n) is 3.37. The molecule has 0 aliphatic carbocycles. The van der Waals surface area contributed by atoms with Crippen molar-refractivity contribution < 1.29 is 12.8 Å². The molecule has 0 radical (unpaired) electrons. The Morgan fingerprint density at radius 2 is 2.09 bits per heavy atom.